The van der Waals surface area contributed by atoms with Crippen LogP contribution in [0.4, 0.5) is 0 Å². The minimum atomic E-state index is 0.937. The highest BCUT2D eigenvalue weighted by molar-refractivity contribution is 5.44. The second-order valence-corrected chi connectivity index (χ2v) is 2.93. The third-order valence-electron chi connectivity index (χ3n) is 1.93. The topological polar surface area (TPSA) is 0 Å². The molecule has 0 heteroatoms. The molecule has 1 aromatic carbocycles. The molecule has 0 atom stereocenters. The Morgan fingerprint density at radius 2 is 2.08 bits per heavy atom. The molecule has 0 aliphatic heterocycles. The molecule has 0 bridgehead atoms. The molecule has 62 valence electrons. The van der Waals surface area contributed by atoms with Crippen LogP contribution in [0.1, 0.15) is 13.3 Å². The summed E-state index contributed by atoms with van der Waals surface area (Å²) < 4.78 is 0. The van der Waals surface area contributed by atoms with Crippen LogP contribution >= 0.6 is 0 Å². The molecule has 1 aromatic rings. The Hall–Kier alpha value is -1.30. The van der Waals surface area contributed by atoms with Gasteiger partial charge in [0.25, 0.3) is 0 Å². The van der Waals surface area contributed by atoms with E-state index in [1.54, 1.807) is 0 Å². The fourth-order valence-electron chi connectivity index (χ4n) is 1.26. The highest BCUT2D eigenvalue weighted by Crippen LogP contribution is 1.96. The molecule has 0 amide bonds. The van der Waals surface area contributed by atoms with Gasteiger partial charge >= 0.3 is 0 Å². The van der Waals surface area contributed by atoms with E-state index in [1.807, 2.05) is 24.3 Å². The molecule has 12 heavy (non-hydrogen) atoms. The molecule has 0 aliphatic rings. The van der Waals surface area contributed by atoms with Gasteiger partial charge in [-0.15, -0.1) is 6.58 Å². The maximum atomic E-state index is 3.97. The summed E-state index contributed by atoms with van der Waals surface area (Å²) in [6.07, 6.45) is 2.86. The Balaban J connectivity index is 3.34. The maximum Gasteiger partial charge on any atom is -0.0135 e. The monoisotopic (exact) mass is 158 g/mol. The van der Waals surface area contributed by atoms with Crippen LogP contribution in [0.15, 0.2) is 36.9 Å². The number of benzene rings is 1. The summed E-state index contributed by atoms with van der Waals surface area (Å²) in [7, 11) is 0. The van der Waals surface area contributed by atoms with E-state index in [2.05, 4.69) is 26.1 Å². The average molecular weight is 158 g/mol. The lowest BCUT2D eigenvalue weighted by molar-refractivity contribution is 1.33. The van der Waals surface area contributed by atoms with E-state index < -0.39 is 0 Å². The van der Waals surface area contributed by atoms with Crippen LogP contribution in [0, 0.1) is 0 Å². The fraction of sp³-hybridized carbons (Fsp3) is 0.167. The average Bonchev–Trinajstić information content (AvgIpc) is 2.05. The molecule has 1 rings (SSSR count). The zero-order valence-electron chi connectivity index (χ0n) is 7.51. The van der Waals surface area contributed by atoms with Gasteiger partial charge in [0, 0.05) is 0 Å². The van der Waals surface area contributed by atoms with Crippen LogP contribution in [-0.4, -0.2) is 0 Å². The molecular formula is C12H14. The summed E-state index contributed by atoms with van der Waals surface area (Å²) in [4.78, 5) is 0. The summed E-state index contributed by atoms with van der Waals surface area (Å²) in [5, 5.41) is 2.34. The summed E-state index contributed by atoms with van der Waals surface area (Å²) in [6.45, 7) is 9.80. The lowest BCUT2D eigenvalue weighted by Crippen LogP contribution is -2.23. The standard InChI is InChI=1S/C12H14/c1-4-7-10(2)12-9-6-5-8-11(12)3/h4-6,8-9H,1,3,7H2,2H3/b12-10-. The van der Waals surface area contributed by atoms with Crippen LogP contribution < -0.4 is 10.4 Å². The zero-order valence-corrected chi connectivity index (χ0v) is 7.51. The fourth-order valence-corrected chi connectivity index (χ4v) is 1.26. The molecule has 0 spiro atoms. The summed E-state index contributed by atoms with van der Waals surface area (Å²) in [6, 6.07) is 8.17. The first-order chi connectivity index (χ1) is 5.75. The highest BCUT2D eigenvalue weighted by Gasteiger charge is 1.87. The van der Waals surface area contributed by atoms with E-state index in [4.69, 9.17) is 0 Å². The van der Waals surface area contributed by atoms with Crippen LogP contribution in [0.2, 0.25) is 0 Å². The van der Waals surface area contributed by atoms with Gasteiger partial charge in [-0.2, -0.15) is 0 Å². The van der Waals surface area contributed by atoms with Gasteiger partial charge in [0.1, 0.15) is 0 Å². The Kier molecular flexibility index (Phi) is 2.87. The van der Waals surface area contributed by atoms with Gasteiger partial charge in [-0.1, -0.05) is 42.5 Å². The normalized spacial score (nSPS) is 12.4. The first kappa shape index (κ1) is 8.79. The quantitative estimate of drug-likeness (QED) is 0.576. The van der Waals surface area contributed by atoms with Crippen LogP contribution in [0.5, 0.6) is 0 Å². The zero-order chi connectivity index (χ0) is 8.97. The molecule has 0 aliphatic carbocycles. The molecule has 0 N–H and O–H groups in total. The number of hydrogen-bond acceptors (Lipinski definition) is 0. The molecule has 0 saturated carbocycles. The van der Waals surface area contributed by atoms with Crippen LogP contribution in [-0.2, 0) is 0 Å². The van der Waals surface area contributed by atoms with Gasteiger partial charge in [-0.05, 0) is 23.8 Å². The Morgan fingerprint density at radius 1 is 1.42 bits per heavy atom. The van der Waals surface area contributed by atoms with Gasteiger partial charge in [0.05, 0.1) is 0 Å². The van der Waals surface area contributed by atoms with Crippen LogP contribution in [0.25, 0.3) is 12.2 Å². The smallest absolute Gasteiger partial charge is 0.0135 e. The van der Waals surface area contributed by atoms with Gasteiger partial charge in [0.15, 0.2) is 0 Å². The van der Waals surface area contributed by atoms with Gasteiger partial charge in [-0.3, -0.25) is 0 Å². The number of hydrogen-bond donors (Lipinski definition) is 0. The van der Waals surface area contributed by atoms with Crippen molar-refractivity contribution in [2.75, 3.05) is 0 Å². The summed E-state index contributed by atoms with van der Waals surface area (Å²) in [5.74, 6) is 0. The molecule has 0 heterocycles. The van der Waals surface area contributed by atoms with Crippen molar-refractivity contribution in [1.82, 2.24) is 0 Å². The molecular weight excluding hydrogens is 144 g/mol. The summed E-state index contributed by atoms with van der Waals surface area (Å²) in [5.41, 5.74) is 1.33. The van der Waals surface area contributed by atoms with E-state index in [9.17, 15) is 0 Å². The molecule has 0 radical (unpaired) electrons. The van der Waals surface area contributed by atoms with Crippen molar-refractivity contribution in [1.29, 1.82) is 0 Å². The van der Waals surface area contributed by atoms with Gasteiger partial charge < -0.3 is 0 Å². The minimum absolute atomic E-state index is 0.937. The largest absolute Gasteiger partial charge is 0.103 e. The molecule has 0 fully saturated rings. The third kappa shape index (κ3) is 1.85. The summed E-state index contributed by atoms with van der Waals surface area (Å²) >= 11 is 0. The highest BCUT2D eigenvalue weighted by atomic mass is 13.9. The number of rotatable bonds is 2. The SMILES string of the molecule is C=CC/C(C)=c1/ccccc1=C. The van der Waals surface area contributed by atoms with Crippen molar-refractivity contribution in [2.24, 2.45) is 0 Å². The molecule has 0 nitrogen and oxygen atoms in total. The Labute approximate surface area is 73.6 Å². The van der Waals surface area contributed by atoms with Crippen molar-refractivity contribution in [3.8, 4) is 0 Å². The van der Waals surface area contributed by atoms with Crippen molar-refractivity contribution in [3.05, 3.63) is 47.4 Å². The maximum absolute atomic E-state index is 3.97. The lowest BCUT2D eigenvalue weighted by atomic mass is 10.1. The van der Waals surface area contributed by atoms with Crippen LogP contribution in [0.3, 0.4) is 0 Å². The molecule has 0 unspecified atom stereocenters. The Morgan fingerprint density at radius 3 is 2.67 bits per heavy atom. The predicted molar refractivity (Wildman–Crippen MR) is 55.1 cm³/mol. The van der Waals surface area contributed by atoms with Crippen molar-refractivity contribution >= 4 is 12.2 Å². The molecule has 0 saturated heterocycles. The van der Waals surface area contributed by atoms with Crippen molar-refractivity contribution < 1.29 is 0 Å². The number of allylic oxidation sites excluding steroid dienone is 1. The van der Waals surface area contributed by atoms with Crippen molar-refractivity contribution in [3.63, 3.8) is 0 Å². The second kappa shape index (κ2) is 3.91. The van der Waals surface area contributed by atoms with E-state index in [1.165, 1.54) is 10.8 Å². The van der Waals surface area contributed by atoms with E-state index in [0.29, 0.717) is 0 Å². The van der Waals surface area contributed by atoms with Crippen molar-refractivity contribution in [2.45, 2.75) is 13.3 Å². The third-order valence-corrected chi connectivity index (χ3v) is 1.93. The minimum Gasteiger partial charge on any atom is -0.103 e. The van der Waals surface area contributed by atoms with Gasteiger partial charge in [-0.25, -0.2) is 0 Å². The first-order valence-corrected chi connectivity index (χ1v) is 4.10. The van der Waals surface area contributed by atoms with E-state index >= 15 is 0 Å². The predicted octanol–water partition coefficient (Wildman–Crippen LogP) is 1.84. The van der Waals surface area contributed by atoms with E-state index in [-0.39, 0.29) is 0 Å². The van der Waals surface area contributed by atoms with Gasteiger partial charge in [0.2, 0.25) is 0 Å². The second-order valence-electron chi connectivity index (χ2n) is 2.93. The lowest BCUT2D eigenvalue weighted by Gasteiger charge is -1.95. The Bertz CT molecular complexity index is 371. The van der Waals surface area contributed by atoms with E-state index in [0.717, 1.165) is 11.6 Å². The first-order valence-electron chi connectivity index (χ1n) is 4.10. The molecule has 0 aromatic heterocycles.